The first-order chi connectivity index (χ1) is 8.72. The quantitative estimate of drug-likeness (QED) is 0.704. The number of hydrogen-bond acceptors (Lipinski definition) is 5. The van der Waals surface area contributed by atoms with Gasteiger partial charge in [0.25, 0.3) is 0 Å². The zero-order valence-electron chi connectivity index (χ0n) is 9.09. The number of nitrogen functional groups attached to an aromatic ring is 1. The van der Waals surface area contributed by atoms with Crippen molar-refractivity contribution < 1.29 is 0 Å². The summed E-state index contributed by atoms with van der Waals surface area (Å²) in [5, 5.41) is 1.42. The molecule has 0 atom stereocenters. The van der Waals surface area contributed by atoms with Gasteiger partial charge in [0, 0.05) is 9.92 Å². The Morgan fingerprint density at radius 1 is 1.28 bits per heavy atom. The number of hydrogen-bond donors (Lipinski definition) is 2. The first-order valence-corrected chi connectivity index (χ1v) is 6.32. The molecule has 0 radical (unpaired) electrons. The van der Waals surface area contributed by atoms with Crippen LogP contribution in [-0.4, -0.2) is 19.9 Å². The molecule has 0 saturated carbocycles. The zero-order valence-corrected chi connectivity index (χ0v) is 10.7. The molecular weight excluding hydrogens is 270 g/mol. The summed E-state index contributed by atoms with van der Waals surface area (Å²) in [5.74, 6) is 0.208. The number of anilines is 1. The monoisotopic (exact) mass is 277 g/mol. The van der Waals surface area contributed by atoms with Crippen LogP contribution in [0.2, 0.25) is 5.02 Å². The number of fused-ring (bicyclic) bond motifs is 1. The highest BCUT2D eigenvalue weighted by molar-refractivity contribution is 7.99. The zero-order chi connectivity index (χ0) is 12.5. The molecule has 1 aromatic carbocycles. The minimum atomic E-state index is 0.208. The van der Waals surface area contributed by atoms with E-state index in [2.05, 4.69) is 19.9 Å². The third-order valence-corrected chi connectivity index (χ3v) is 3.49. The van der Waals surface area contributed by atoms with Crippen LogP contribution in [0.3, 0.4) is 0 Å². The Hall–Kier alpha value is -1.79. The summed E-state index contributed by atoms with van der Waals surface area (Å²) in [5.41, 5.74) is 6.99. The highest BCUT2D eigenvalue weighted by Crippen LogP contribution is 2.31. The van der Waals surface area contributed by atoms with Crippen molar-refractivity contribution in [1.29, 1.82) is 0 Å². The van der Waals surface area contributed by atoms with Crippen molar-refractivity contribution in [3.63, 3.8) is 0 Å². The van der Waals surface area contributed by atoms with E-state index in [-0.39, 0.29) is 5.95 Å². The van der Waals surface area contributed by atoms with E-state index in [4.69, 9.17) is 17.3 Å². The van der Waals surface area contributed by atoms with Gasteiger partial charge < -0.3 is 10.7 Å². The molecule has 0 unspecified atom stereocenters. The maximum atomic E-state index is 5.95. The van der Waals surface area contributed by atoms with Gasteiger partial charge >= 0.3 is 0 Å². The maximum Gasteiger partial charge on any atom is 0.223 e. The van der Waals surface area contributed by atoms with Crippen LogP contribution < -0.4 is 5.73 Å². The van der Waals surface area contributed by atoms with E-state index >= 15 is 0 Å². The molecule has 5 nitrogen and oxygen atoms in total. The summed E-state index contributed by atoms with van der Waals surface area (Å²) < 4.78 is 0. The number of nitrogens with zero attached hydrogens (tertiary/aromatic N) is 3. The van der Waals surface area contributed by atoms with E-state index in [0.29, 0.717) is 10.7 Å². The lowest BCUT2D eigenvalue weighted by atomic mass is 10.4. The Morgan fingerprint density at radius 2 is 2.17 bits per heavy atom. The molecule has 3 aromatic rings. The predicted molar refractivity (Wildman–Crippen MR) is 71.7 cm³/mol. The summed E-state index contributed by atoms with van der Waals surface area (Å²) >= 11 is 7.41. The van der Waals surface area contributed by atoms with Gasteiger partial charge in [-0.3, -0.25) is 0 Å². The first kappa shape index (κ1) is 11.3. The molecule has 0 spiro atoms. The van der Waals surface area contributed by atoms with E-state index in [1.807, 2.05) is 24.3 Å². The summed E-state index contributed by atoms with van der Waals surface area (Å²) in [4.78, 5) is 16.3. The van der Waals surface area contributed by atoms with Crippen LogP contribution in [0.1, 0.15) is 0 Å². The Labute approximate surface area is 112 Å². The number of H-pyrrole nitrogens is 1. The molecule has 0 bridgehead atoms. The molecule has 0 saturated heterocycles. The number of nitrogens with one attached hydrogen (secondary N) is 1. The maximum absolute atomic E-state index is 5.95. The highest BCUT2D eigenvalue weighted by Gasteiger charge is 2.10. The van der Waals surface area contributed by atoms with Crippen molar-refractivity contribution in [2.45, 2.75) is 9.92 Å². The Morgan fingerprint density at radius 3 is 3.00 bits per heavy atom. The van der Waals surface area contributed by atoms with Gasteiger partial charge in [-0.2, -0.15) is 4.98 Å². The molecule has 0 aliphatic carbocycles. The third kappa shape index (κ3) is 2.12. The van der Waals surface area contributed by atoms with E-state index in [0.717, 1.165) is 15.4 Å². The van der Waals surface area contributed by atoms with Gasteiger partial charge in [0.2, 0.25) is 5.95 Å². The minimum Gasteiger partial charge on any atom is -0.368 e. The Bertz CT molecular complexity index is 711. The molecule has 3 N–H and O–H groups in total. The fourth-order valence-corrected chi connectivity index (χ4v) is 2.74. The van der Waals surface area contributed by atoms with E-state index < -0.39 is 0 Å². The first-order valence-electron chi connectivity index (χ1n) is 5.12. The van der Waals surface area contributed by atoms with E-state index in [9.17, 15) is 0 Å². The molecule has 90 valence electrons. The van der Waals surface area contributed by atoms with Gasteiger partial charge in [-0.05, 0) is 18.2 Å². The van der Waals surface area contributed by atoms with Crippen LogP contribution in [0.25, 0.3) is 11.2 Å². The fraction of sp³-hybridized carbons (Fsp3) is 0. The number of benzene rings is 1. The molecule has 3 rings (SSSR count). The van der Waals surface area contributed by atoms with Crippen LogP contribution in [-0.2, 0) is 0 Å². The molecule has 2 heterocycles. The van der Waals surface area contributed by atoms with Gasteiger partial charge in [0.15, 0.2) is 5.65 Å². The summed E-state index contributed by atoms with van der Waals surface area (Å²) in [6.07, 6.45) is 1.57. The van der Waals surface area contributed by atoms with Crippen LogP contribution in [0.5, 0.6) is 0 Å². The van der Waals surface area contributed by atoms with E-state index in [1.165, 1.54) is 11.8 Å². The lowest BCUT2D eigenvalue weighted by Crippen LogP contribution is -1.96. The Balaban J connectivity index is 2.06. The van der Waals surface area contributed by atoms with Crippen molar-refractivity contribution in [2.75, 3.05) is 5.73 Å². The predicted octanol–water partition coefficient (Wildman–Crippen LogP) is 2.74. The highest BCUT2D eigenvalue weighted by atomic mass is 35.5. The van der Waals surface area contributed by atoms with Crippen LogP contribution in [0.15, 0.2) is 40.5 Å². The number of nitrogens with two attached hydrogens (primary N) is 1. The lowest BCUT2D eigenvalue weighted by molar-refractivity contribution is 1.10. The van der Waals surface area contributed by atoms with Crippen molar-refractivity contribution >= 4 is 40.5 Å². The smallest absolute Gasteiger partial charge is 0.223 e. The van der Waals surface area contributed by atoms with Crippen molar-refractivity contribution in [3.8, 4) is 0 Å². The van der Waals surface area contributed by atoms with Crippen LogP contribution in [0, 0.1) is 0 Å². The number of imidazole rings is 1. The van der Waals surface area contributed by atoms with Gasteiger partial charge in [-0.25, -0.2) is 9.97 Å². The second-order valence-corrected chi connectivity index (χ2v) is 5.05. The fourth-order valence-electron chi connectivity index (χ4n) is 1.54. The minimum absolute atomic E-state index is 0.208. The van der Waals surface area contributed by atoms with Crippen LogP contribution in [0.4, 0.5) is 5.95 Å². The second kappa shape index (κ2) is 4.47. The average molecular weight is 278 g/mol. The number of aromatic amines is 1. The lowest BCUT2D eigenvalue weighted by Gasteiger charge is -2.03. The van der Waals surface area contributed by atoms with Crippen molar-refractivity contribution in [1.82, 2.24) is 19.9 Å². The molecule has 0 aliphatic rings. The third-order valence-electron chi connectivity index (χ3n) is 2.28. The summed E-state index contributed by atoms with van der Waals surface area (Å²) in [6.45, 7) is 0. The largest absolute Gasteiger partial charge is 0.368 e. The van der Waals surface area contributed by atoms with Crippen molar-refractivity contribution in [3.05, 3.63) is 35.6 Å². The molecule has 0 aliphatic heterocycles. The Kier molecular flexibility index (Phi) is 2.81. The average Bonchev–Trinajstić information content (AvgIpc) is 2.77. The number of aromatic nitrogens is 4. The van der Waals surface area contributed by atoms with Gasteiger partial charge in [0.1, 0.15) is 10.5 Å². The summed E-state index contributed by atoms with van der Waals surface area (Å²) in [7, 11) is 0. The molecule has 0 fully saturated rings. The molecule has 2 aromatic heterocycles. The van der Waals surface area contributed by atoms with Gasteiger partial charge in [-0.1, -0.05) is 29.4 Å². The molecule has 18 heavy (non-hydrogen) atoms. The topological polar surface area (TPSA) is 80.5 Å². The SMILES string of the molecule is Nc1nc(Sc2cccc(Cl)c2)c2[nH]cnc2n1. The van der Waals surface area contributed by atoms with Gasteiger partial charge in [-0.15, -0.1) is 0 Å². The second-order valence-electron chi connectivity index (χ2n) is 3.55. The van der Waals surface area contributed by atoms with Crippen LogP contribution >= 0.6 is 23.4 Å². The standard InChI is InChI=1S/C11H8ClN5S/c12-6-2-1-3-7(4-6)18-10-8-9(15-5-14-8)16-11(13)17-10/h1-5H,(H3,13,14,15,16,17). The van der Waals surface area contributed by atoms with E-state index in [1.54, 1.807) is 6.33 Å². The number of halogens is 1. The molecule has 7 heteroatoms. The normalized spacial score (nSPS) is 10.9. The number of rotatable bonds is 2. The summed E-state index contributed by atoms with van der Waals surface area (Å²) in [6, 6.07) is 7.54. The molecule has 0 amide bonds. The van der Waals surface area contributed by atoms with Gasteiger partial charge in [0.05, 0.1) is 6.33 Å². The van der Waals surface area contributed by atoms with Crippen molar-refractivity contribution in [2.24, 2.45) is 0 Å². The molecular formula is C11H8ClN5S.